The molecule has 22 heavy (non-hydrogen) atoms. The van der Waals surface area contributed by atoms with E-state index in [9.17, 15) is 0 Å². The molecule has 0 saturated heterocycles. The molecule has 0 aliphatic heterocycles. The number of nitriles is 1. The van der Waals surface area contributed by atoms with Crippen LogP contribution in [-0.4, -0.2) is 20.5 Å². The second kappa shape index (κ2) is 6.46. The zero-order chi connectivity index (χ0) is 15.4. The van der Waals surface area contributed by atoms with Gasteiger partial charge in [0.05, 0.1) is 11.8 Å². The number of aromatic nitrogens is 3. The largest absolute Gasteiger partial charge is 0.270 e. The summed E-state index contributed by atoms with van der Waals surface area (Å²) < 4.78 is 1.99. The first-order valence-corrected chi connectivity index (χ1v) is 7.86. The van der Waals surface area contributed by atoms with E-state index < -0.39 is 0 Å². The number of hydrogen-bond acceptors (Lipinski definition) is 4. The Kier molecular flexibility index (Phi) is 4.22. The summed E-state index contributed by atoms with van der Waals surface area (Å²) >= 11 is 1.39. The first-order valence-electron chi connectivity index (χ1n) is 6.87. The van der Waals surface area contributed by atoms with E-state index in [1.54, 1.807) is 0 Å². The fraction of sp³-hybridized carbons (Fsp3) is 0.118. The molecule has 3 rings (SSSR count). The van der Waals surface area contributed by atoms with E-state index in [1.165, 1.54) is 17.3 Å². The van der Waals surface area contributed by atoms with Gasteiger partial charge in [-0.25, -0.2) is 0 Å². The molecular weight excluding hydrogens is 292 g/mol. The van der Waals surface area contributed by atoms with Crippen molar-refractivity contribution >= 4 is 11.8 Å². The van der Waals surface area contributed by atoms with Gasteiger partial charge >= 0.3 is 0 Å². The lowest BCUT2D eigenvalue weighted by Gasteiger charge is -2.09. The molecule has 4 nitrogen and oxygen atoms in total. The van der Waals surface area contributed by atoms with E-state index in [0.717, 1.165) is 22.2 Å². The van der Waals surface area contributed by atoms with Crippen LogP contribution in [0.15, 0.2) is 59.8 Å². The Morgan fingerprint density at radius 2 is 1.77 bits per heavy atom. The Labute approximate surface area is 133 Å². The Morgan fingerprint density at radius 1 is 1.05 bits per heavy atom. The molecular formula is C17H14N4S. The SMILES string of the molecule is Cc1ccc(-c2nnc(SCC#N)n2-c2ccccc2)cc1. The maximum Gasteiger partial charge on any atom is 0.197 e. The molecule has 0 amide bonds. The van der Waals surface area contributed by atoms with Gasteiger partial charge in [0, 0.05) is 11.3 Å². The average Bonchev–Trinajstić information content (AvgIpc) is 2.98. The van der Waals surface area contributed by atoms with Crippen molar-refractivity contribution in [3.63, 3.8) is 0 Å². The monoisotopic (exact) mass is 306 g/mol. The van der Waals surface area contributed by atoms with Gasteiger partial charge in [-0.15, -0.1) is 10.2 Å². The molecule has 3 aromatic rings. The zero-order valence-corrected chi connectivity index (χ0v) is 12.9. The van der Waals surface area contributed by atoms with Gasteiger partial charge in [0.15, 0.2) is 11.0 Å². The predicted octanol–water partition coefficient (Wildman–Crippen LogP) is 3.86. The fourth-order valence-electron chi connectivity index (χ4n) is 2.16. The number of hydrogen-bond donors (Lipinski definition) is 0. The van der Waals surface area contributed by atoms with Crippen LogP contribution in [0.1, 0.15) is 5.56 Å². The maximum atomic E-state index is 8.82. The third kappa shape index (κ3) is 2.87. The van der Waals surface area contributed by atoms with E-state index >= 15 is 0 Å². The van der Waals surface area contributed by atoms with Crippen molar-refractivity contribution in [2.24, 2.45) is 0 Å². The van der Waals surface area contributed by atoms with Gasteiger partial charge < -0.3 is 0 Å². The fourth-order valence-corrected chi connectivity index (χ4v) is 2.77. The molecule has 0 fully saturated rings. The van der Waals surface area contributed by atoms with Gasteiger partial charge in [-0.3, -0.25) is 4.57 Å². The van der Waals surface area contributed by atoms with E-state index in [2.05, 4.69) is 35.3 Å². The number of benzene rings is 2. The van der Waals surface area contributed by atoms with E-state index in [1.807, 2.05) is 47.0 Å². The van der Waals surface area contributed by atoms with Crippen LogP contribution in [0.5, 0.6) is 0 Å². The second-order valence-corrected chi connectivity index (χ2v) is 5.73. The number of thioether (sulfide) groups is 1. The van der Waals surface area contributed by atoms with Crippen LogP contribution < -0.4 is 0 Å². The normalized spacial score (nSPS) is 10.4. The summed E-state index contributed by atoms with van der Waals surface area (Å²) in [6.45, 7) is 2.06. The number of rotatable bonds is 4. The smallest absolute Gasteiger partial charge is 0.197 e. The Balaban J connectivity index is 2.12. The topological polar surface area (TPSA) is 54.5 Å². The second-order valence-electron chi connectivity index (χ2n) is 4.79. The third-order valence-corrected chi connectivity index (χ3v) is 4.02. The highest BCUT2D eigenvalue weighted by atomic mass is 32.2. The lowest BCUT2D eigenvalue weighted by Crippen LogP contribution is -1.99. The lowest BCUT2D eigenvalue weighted by molar-refractivity contribution is 0.888. The minimum absolute atomic E-state index is 0.346. The molecule has 0 spiro atoms. The van der Waals surface area contributed by atoms with Gasteiger partial charge in [0.1, 0.15) is 0 Å². The Morgan fingerprint density at radius 3 is 2.45 bits per heavy atom. The molecule has 2 aromatic carbocycles. The summed E-state index contributed by atoms with van der Waals surface area (Å²) in [6.07, 6.45) is 0. The molecule has 108 valence electrons. The van der Waals surface area contributed by atoms with E-state index in [4.69, 9.17) is 5.26 Å². The Bertz CT molecular complexity index is 801. The molecule has 0 N–H and O–H groups in total. The van der Waals surface area contributed by atoms with Crippen LogP contribution in [0.25, 0.3) is 17.1 Å². The first-order chi connectivity index (χ1) is 10.8. The van der Waals surface area contributed by atoms with E-state index in [-0.39, 0.29) is 0 Å². The highest BCUT2D eigenvalue weighted by molar-refractivity contribution is 7.99. The van der Waals surface area contributed by atoms with Crippen molar-refractivity contribution in [3.8, 4) is 23.1 Å². The lowest BCUT2D eigenvalue weighted by atomic mass is 10.1. The highest BCUT2D eigenvalue weighted by Crippen LogP contribution is 2.27. The quantitative estimate of drug-likeness (QED) is 0.687. The molecule has 1 aromatic heterocycles. The minimum atomic E-state index is 0.346. The van der Waals surface area contributed by atoms with Gasteiger partial charge in [-0.05, 0) is 19.1 Å². The summed E-state index contributed by atoms with van der Waals surface area (Å²) in [5.41, 5.74) is 3.20. The molecule has 0 unspecified atom stereocenters. The van der Waals surface area contributed by atoms with Crippen molar-refractivity contribution in [1.29, 1.82) is 5.26 Å². The molecule has 0 aliphatic carbocycles. The van der Waals surface area contributed by atoms with Crippen LogP contribution >= 0.6 is 11.8 Å². The number of nitrogens with zero attached hydrogens (tertiary/aromatic N) is 4. The summed E-state index contributed by atoms with van der Waals surface area (Å²) in [7, 11) is 0. The van der Waals surface area contributed by atoms with Gasteiger partial charge in [0.25, 0.3) is 0 Å². The molecule has 1 heterocycles. The summed E-state index contributed by atoms with van der Waals surface area (Å²) in [5, 5.41) is 18.1. The van der Waals surface area contributed by atoms with Crippen LogP contribution in [0.2, 0.25) is 0 Å². The summed E-state index contributed by atoms with van der Waals surface area (Å²) in [5.74, 6) is 1.13. The summed E-state index contributed by atoms with van der Waals surface area (Å²) in [4.78, 5) is 0. The molecule has 0 saturated carbocycles. The Hall–Kier alpha value is -2.58. The summed E-state index contributed by atoms with van der Waals surface area (Å²) in [6, 6.07) is 20.3. The molecule has 0 bridgehead atoms. The maximum absolute atomic E-state index is 8.82. The standard InChI is InChI=1S/C17H14N4S/c1-13-7-9-14(10-8-13)16-19-20-17(22-12-11-18)21(16)15-5-3-2-4-6-15/h2-10H,12H2,1H3. The van der Waals surface area contributed by atoms with Gasteiger partial charge in [-0.2, -0.15) is 5.26 Å². The molecule has 5 heteroatoms. The first kappa shape index (κ1) is 14.4. The van der Waals surface area contributed by atoms with E-state index in [0.29, 0.717) is 5.75 Å². The minimum Gasteiger partial charge on any atom is -0.270 e. The van der Waals surface area contributed by atoms with Crippen molar-refractivity contribution in [1.82, 2.24) is 14.8 Å². The highest BCUT2D eigenvalue weighted by Gasteiger charge is 2.15. The molecule has 0 atom stereocenters. The van der Waals surface area contributed by atoms with Crippen LogP contribution in [0.4, 0.5) is 0 Å². The van der Waals surface area contributed by atoms with Crippen LogP contribution in [-0.2, 0) is 0 Å². The van der Waals surface area contributed by atoms with Gasteiger partial charge in [-0.1, -0.05) is 59.8 Å². The van der Waals surface area contributed by atoms with Crippen LogP contribution in [0.3, 0.4) is 0 Å². The zero-order valence-electron chi connectivity index (χ0n) is 12.1. The van der Waals surface area contributed by atoms with Gasteiger partial charge in [0.2, 0.25) is 0 Å². The average molecular weight is 306 g/mol. The van der Waals surface area contributed by atoms with Crippen molar-refractivity contribution in [2.45, 2.75) is 12.1 Å². The van der Waals surface area contributed by atoms with Crippen LogP contribution in [0, 0.1) is 18.3 Å². The van der Waals surface area contributed by atoms with Crippen molar-refractivity contribution < 1.29 is 0 Å². The molecule has 0 radical (unpaired) electrons. The molecule has 0 aliphatic rings. The van der Waals surface area contributed by atoms with Crippen molar-refractivity contribution in [3.05, 3.63) is 60.2 Å². The number of aryl methyl sites for hydroxylation is 1. The third-order valence-electron chi connectivity index (χ3n) is 3.22. The van der Waals surface area contributed by atoms with Crippen molar-refractivity contribution in [2.75, 3.05) is 5.75 Å². The number of para-hydroxylation sites is 1. The predicted molar refractivity (Wildman–Crippen MR) is 87.9 cm³/mol.